The quantitative estimate of drug-likeness (QED) is 0.0477. The molecular weight excluding hydrogens is 642 g/mol. The zero-order valence-corrected chi connectivity index (χ0v) is 26.7. The van der Waals surface area contributed by atoms with Crippen molar-refractivity contribution in [3.63, 3.8) is 0 Å². The molecule has 5 aromatic rings. The SMILES string of the molecule is CC[C@H](C)[C@@H](CN(Cc1cccc2ccccc12)C(=O)c1cc(F)c(F)c(F)c1F)NC(=O)Cc1cncn1Cc1ccc([N+](=O)[O-])cc1. The van der Waals surface area contributed by atoms with Gasteiger partial charge in [-0.05, 0) is 33.9 Å². The van der Waals surface area contributed by atoms with Gasteiger partial charge in [-0.15, -0.1) is 0 Å². The third-order valence-corrected chi connectivity index (χ3v) is 8.60. The van der Waals surface area contributed by atoms with Crippen molar-refractivity contribution in [1.29, 1.82) is 0 Å². The van der Waals surface area contributed by atoms with E-state index in [1.807, 2.05) is 44.2 Å². The number of hydrogen-bond acceptors (Lipinski definition) is 5. The smallest absolute Gasteiger partial charge is 0.269 e. The van der Waals surface area contributed by atoms with Crippen LogP contribution < -0.4 is 5.32 Å². The van der Waals surface area contributed by atoms with Gasteiger partial charge >= 0.3 is 0 Å². The lowest BCUT2D eigenvalue weighted by atomic mass is 9.97. The fourth-order valence-corrected chi connectivity index (χ4v) is 5.62. The molecule has 254 valence electrons. The molecule has 5 rings (SSSR count). The van der Waals surface area contributed by atoms with Gasteiger partial charge in [0.2, 0.25) is 5.91 Å². The number of nitro groups is 1. The molecule has 1 heterocycles. The van der Waals surface area contributed by atoms with Gasteiger partial charge in [0.25, 0.3) is 11.6 Å². The third-order valence-electron chi connectivity index (χ3n) is 8.60. The van der Waals surface area contributed by atoms with Crippen LogP contribution in [0.2, 0.25) is 0 Å². The van der Waals surface area contributed by atoms with Crippen LogP contribution in [0.15, 0.2) is 85.3 Å². The van der Waals surface area contributed by atoms with E-state index in [1.165, 1.54) is 29.6 Å². The Kier molecular flexibility index (Phi) is 10.7. The number of fused-ring (bicyclic) bond motifs is 1. The molecular formula is C36H33F4N5O4. The van der Waals surface area contributed by atoms with E-state index < -0.39 is 51.6 Å². The summed E-state index contributed by atoms with van der Waals surface area (Å²) in [6.07, 6.45) is 3.55. The number of nitro benzene ring substituents is 1. The Labute approximate surface area is 279 Å². The maximum Gasteiger partial charge on any atom is 0.269 e. The molecule has 0 saturated heterocycles. The zero-order valence-electron chi connectivity index (χ0n) is 26.7. The summed E-state index contributed by atoms with van der Waals surface area (Å²) in [6.45, 7) is 3.79. The van der Waals surface area contributed by atoms with Crippen molar-refractivity contribution >= 4 is 28.3 Å². The van der Waals surface area contributed by atoms with Gasteiger partial charge in [-0.3, -0.25) is 19.7 Å². The van der Waals surface area contributed by atoms with Gasteiger partial charge in [0.1, 0.15) is 0 Å². The van der Waals surface area contributed by atoms with Gasteiger partial charge in [-0.2, -0.15) is 0 Å². The van der Waals surface area contributed by atoms with E-state index >= 15 is 0 Å². The van der Waals surface area contributed by atoms with Crippen molar-refractivity contribution in [2.75, 3.05) is 6.54 Å². The molecule has 1 N–H and O–H groups in total. The van der Waals surface area contributed by atoms with E-state index in [2.05, 4.69) is 10.3 Å². The van der Waals surface area contributed by atoms with E-state index in [-0.39, 0.29) is 31.1 Å². The Hall–Kier alpha value is -5.59. The van der Waals surface area contributed by atoms with Crippen LogP contribution in [0.3, 0.4) is 0 Å². The minimum Gasteiger partial charge on any atom is -0.351 e. The second-order valence-electron chi connectivity index (χ2n) is 11.8. The van der Waals surface area contributed by atoms with Crippen LogP contribution in [0.4, 0.5) is 23.2 Å². The molecule has 0 saturated carbocycles. The van der Waals surface area contributed by atoms with E-state index in [9.17, 15) is 37.3 Å². The zero-order chi connectivity index (χ0) is 35.2. The summed E-state index contributed by atoms with van der Waals surface area (Å²) < 4.78 is 59.0. The number of rotatable bonds is 13. The fourth-order valence-electron chi connectivity index (χ4n) is 5.62. The lowest BCUT2D eigenvalue weighted by molar-refractivity contribution is -0.384. The second kappa shape index (κ2) is 15.1. The van der Waals surface area contributed by atoms with Crippen molar-refractivity contribution in [3.05, 3.63) is 141 Å². The average Bonchev–Trinajstić information content (AvgIpc) is 3.53. The van der Waals surface area contributed by atoms with Gasteiger partial charge in [0.05, 0.1) is 23.2 Å². The van der Waals surface area contributed by atoms with Crippen LogP contribution >= 0.6 is 0 Å². The predicted octanol–water partition coefficient (Wildman–Crippen LogP) is 6.97. The number of imidazole rings is 1. The summed E-state index contributed by atoms with van der Waals surface area (Å²) in [5, 5.41) is 15.6. The minimum absolute atomic E-state index is 0.0459. The lowest BCUT2D eigenvalue weighted by Crippen LogP contribution is -2.49. The first kappa shape index (κ1) is 34.7. The van der Waals surface area contributed by atoms with E-state index in [4.69, 9.17) is 0 Å². The Morgan fingerprint density at radius 1 is 0.980 bits per heavy atom. The number of amides is 2. The molecule has 2 atom stereocenters. The Balaban J connectivity index is 1.41. The highest BCUT2D eigenvalue weighted by Gasteiger charge is 2.30. The number of aromatic nitrogens is 2. The molecule has 0 aliphatic heterocycles. The highest BCUT2D eigenvalue weighted by molar-refractivity contribution is 5.95. The molecule has 0 fully saturated rings. The summed E-state index contributed by atoms with van der Waals surface area (Å²) in [5.74, 6) is -9.31. The average molecular weight is 676 g/mol. The molecule has 13 heteroatoms. The molecule has 0 radical (unpaired) electrons. The maximum atomic E-state index is 14.9. The van der Waals surface area contributed by atoms with Crippen LogP contribution in [0.25, 0.3) is 10.8 Å². The number of non-ortho nitro benzene ring substituents is 1. The van der Waals surface area contributed by atoms with Gasteiger partial charge in [-0.25, -0.2) is 22.5 Å². The summed E-state index contributed by atoms with van der Waals surface area (Å²) in [6, 6.07) is 18.5. The normalized spacial score (nSPS) is 12.4. The Morgan fingerprint density at radius 3 is 2.41 bits per heavy atom. The summed E-state index contributed by atoms with van der Waals surface area (Å²) >= 11 is 0. The number of halogens is 4. The number of nitrogens with one attached hydrogen (secondary N) is 1. The van der Waals surface area contributed by atoms with Crippen LogP contribution in [0.5, 0.6) is 0 Å². The summed E-state index contributed by atoms with van der Waals surface area (Å²) in [4.78, 5) is 43.2. The van der Waals surface area contributed by atoms with Gasteiger partial charge < -0.3 is 14.8 Å². The highest BCUT2D eigenvalue weighted by atomic mass is 19.2. The number of carbonyl (C=O) groups excluding carboxylic acids is 2. The second-order valence-corrected chi connectivity index (χ2v) is 11.8. The molecule has 0 bridgehead atoms. The van der Waals surface area contributed by atoms with Crippen molar-refractivity contribution < 1.29 is 32.1 Å². The molecule has 1 aromatic heterocycles. The molecule has 0 aliphatic carbocycles. The van der Waals surface area contributed by atoms with Crippen molar-refractivity contribution in [2.24, 2.45) is 5.92 Å². The van der Waals surface area contributed by atoms with Crippen molar-refractivity contribution in [2.45, 2.75) is 45.8 Å². The van der Waals surface area contributed by atoms with E-state index in [1.54, 1.807) is 28.8 Å². The van der Waals surface area contributed by atoms with Crippen LogP contribution in [-0.4, -0.2) is 43.8 Å². The van der Waals surface area contributed by atoms with Crippen molar-refractivity contribution in [3.8, 4) is 0 Å². The molecule has 2 amide bonds. The minimum atomic E-state index is -2.09. The maximum absolute atomic E-state index is 14.9. The predicted molar refractivity (Wildman–Crippen MR) is 174 cm³/mol. The number of carbonyl (C=O) groups is 2. The molecule has 9 nitrogen and oxygen atoms in total. The molecule has 0 unspecified atom stereocenters. The number of benzene rings is 4. The summed E-state index contributed by atoms with van der Waals surface area (Å²) in [5.41, 5.74) is 0.962. The third kappa shape index (κ3) is 7.94. The molecule has 0 aliphatic rings. The lowest BCUT2D eigenvalue weighted by Gasteiger charge is -2.32. The summed E-state index contributed by atoms with van der Waals surface area (Å²) in [7, 11) is 0. The standard InChI is InChI=1S/C36H33F4N5O4/c1-3-22(2)31(42-32(46)15-27-17-41-21-44(27)18-23-11-13-26(14-12-23)45(48)49)20-43(19-25-9-6-8-24-7-4-5-10-28(24)25)36(47)29-16-30(37)34(39)35(40)33(29)38/h4-14,16-17,21-22,31H,3,15,18-20H2,1-2H3,(H,42,46)/t22-,31+/m0/s1. The first-order valence-corrected chi connectivity index (χ1v) is 15.6. The monoisotopic (exact) mass is 675 g/mol. The van der Waals surface area contributed by atoms with Gasteiger partial charge in [0, 0.05) is 49.7 Å². The van der Waals surface area contributed by atoms with Crippen LogP contribution in [0, 0.1) is 39.3 Å². The first-order valence-electron chi connectivity index (χ1n) is 15.6. The Bertz CT molecular complexity index is 1990. The largest absolute Gasteiger partial charge is 0.351 e. The van der Waals surface area contributed by atoms with E-state index in [0.717, 1.165) is 16.3 Å². The highest BCUT2D eigenvalue weighted by Crippen LogP contribution is 2.25. The molecule has 4 aromatic carbocycles. The van der Waals surface area contributed by atoms with Gasteiger partial charge in [0.15, 0.2) is 23.3 Å². The van der Waals surface area contributed by atoms with Crippen LogP contribution in [-0.2, 0) is 24.3 Å². The molecule has 49 heavy (non-hydrogen) atoms. The Morgan fingerprint density at radius 2 is 1.69 bits per heavy atom. The number of nitrogens with zero attached hydrogens (tertiary/aromatic N) is 4. The number of hydrogen-bond donors (Lipinski definition) is 1. The fraction of sp³-hybridized carbons (Fsp3) is 0.250. The first-order chi connectivity index (χ1) is 23.5. The van der Waals surface area contributed by atoms with Crippen LogP contribution in [0.1, 0.15) is 47.4 Å². The van der Waals surface area contributed by atoms with Crippen molar-refractivity contribution in [1.82, 2.24) is 19.8 Å². The van der Waals surface area contributed by atoms with Gasteiger partial charge in [-0.1, -0.05) is 74.9 Å². The topological polar surface area (TPSA) is 110 Å². The van der Waals surface area contributed by atoms with E-state index in [0.29, 0.717) is 30.3 Å². The molecule has 0 spiro atoms.